The number of rotatable bonds is 4. The van der Waals surface area contributed by atoms with Gasteiger partial charge in [0, 0.05) is 6.07 Å². The van der Waals surface area contributed by atoms with Crippen molar-refractivity contribution in [2.24, 2.45) is 10.2 Å². The number of Topliss-reactive ketones (excluding diaryl/α,β-unsaturated/α-hetero) is 2. The Labute approximate surface area is 92.2 Å². The molecular weight excluding hydrogens is 211 g/mol. The molecule has 0 saturated carbocycles. The molecule has 1 aromatic rings. The normalized spacial score (nSPS) is 11.0. The highest BCUT2D eigenvalue weighted by atomic mass is 19.1. The molecule has 0 saturated heterocycles. The summed E-state index contributed by atoms with van der Waals surface area (Å²) in [6, 6.07) is 4.35. The molecular formula is C11H11FN2O2. The summed E-state index contributed by atoms with van der Waals surface area (Å²) in [5, 5.41) is 7.25. The Bertz CT molecular complexity index is 429. The minimum Gasteiger partial charge on any atom is -0.297 e. The van der Waals surface area contributed by atoms with Crippen LogP contribution in [0.25, 0.3) is 0 Å². The third-order valence-corrected chi connectivity index (χ3v) is 1.87. The van der Waals surface area contributed by atoms with Crippen molar-refractivity contribution in [1.29, 1.82) is 0 Å². The van der Waals surface area contributed by atoms with E-state index in [0.717, 1.165) is 0 Å². The van der Waals surface area contributed by atoms with Crippen molar-refractivity contribution in [2.75, 3.05) is 0 Å². The van der Waals surface area contributed by atoms with E-state index in [1.807, 2.05) is 0 Å². The third-order valence-electron chi connectivity index (χ3n) is 1.87. The van der Waals surface area contributed by atoms with E-state index < -0.39 is 11.9 Å². The van der Waals surface area contributed by atoms with Gasteiger partial charge < -0.3 is 0 Å². The van der Waals surface area contributed by atoms with Gasteiger partial charge in [0.1, 0.15) is 5.82 Å². The summed E-state index contributed by atoms with van der Waals surface area (Å²) in [5.74, 6) is -1.21. The number of benzene rings is 1. The zero-order valence-corrected chi connectivity index (χ0v) is 8.98. The maximum absolute atomic E-state index is 12.8. The predicted octanol–water partition coefficient (Wildman–Crippen LogP) is 2.46. The van der Waals surface area contributed by atoms with E-state index in [-0.39, 0.29) is 17.3 Å². The number of carbonyl (C=O) groups is 2. The van der Waals surface area contributed by atoms with Crippen LogP contribution in [0.3, 0.4) is 0 Å². The molecule has 84 valence electrons. The van der Waals surface area contributed by atoms with Gasteiger partial charge in [0.2, 0.25) is 0 Å². The maximum atomic E-state index is 12.8. The Morgan fingerprint density at radius 2 is 1.88 bits per heavy atom. The molecule has 0 spiro atoms. The maximum Gasteiger partial charge on any atom is 0.187 e. The summed E-state index contributed by atoms with van der Waals surface area (Å²) in [4.78, 5) is 22.0. The molecule has 0 N–H and O–H groups in total. The Hall–Kier alpha value is -1.91. The van der Waals surface area contributed by atoms with E-state index in [1.165, 1.54) is 38.1 Å². The summed E-state index contributed by atoms with van der Waals surface area (Å²) in [6.45, 7) is 2.52. The molecule has 0 aliphatic rings. The molecule has 1 rings (SSSR count). The van der Waals surface area contributed by atoms with Crippen LogP contribution < -0.4 is 0 Å². The molecule has 0 radical (unpaired) electrons. The topological polar surface area (TPSA) is 58.9 Å². The predicted molar refractivity (Wildman–Crippen MR) is 56.1 cm³/mol. The zero-order chi connectivity index (χ0) is 12.1. The van der Waals surface area contributed by atoms with E-state index >= 15 is 0 Å². The van der Waals surface area contributed by atoms with Gasteiger partial charge >= 0.3 is 0 Å². The molecule has 0 bridgehead atoms. The van der Waals surface area contributed by atoms with Crippen LogP contribution in [-0.2, 0) is 9.59 Å². The van der Waals surface area contributed by atoms with Crippen molar-refractivity contribution in [3.05, 3.63) is 30.1 Å². The lowest BCUT2D eigenvalue weighted by Crippen LogP contribution is -2.23. The summed E-state index contributed by atoms with van der Waals surface area (Å²) in [5.41, 5.74) is 0.271. The molecule has 5 heteroatoms. The molecule has 16 heavy (non-hydrogen) atoms. The van der Waals surface area contributed by atoms with E-state index in [0.29, 0.717) is 0 Å². The molecule has 0 aromatic heterocycles. The number of carbonyl (C=O) groups excluding carboxylic acids is 2. The van der Waals surface area contributed by atoms with E-state index in [9.17, 15) is 14.0 Å². The van der Waals surface area contributed by atoms with Crippen molar-refractivity contribution in [1.82, 2.24) is 0 Å². The van der Waals surface area contributed by atoms with E-state index in [4.69, 9.17) is 0 Å². The second-order valence-electron chi connectivity index (χ2n) is 3.32. The average molecular weight is 222 g/mol. The minimum atomic E-state index is -1.09. The van der Waals surface area contributed by atoms with Gasteiger partial charge in [-0.1, -0.05) is 6.07 Å². The van der Waals surface area contributed by atoms with Crippen molar-refractivity contribution >= 4 is 17.3 Å². The van der Waals surface area contributed by atoms with Crippen LogP contribution in [0.1, 0.15) is 13.8 Å². The van der Waals surface area contributed by atoms with Gasteiger partial charge in [0.25, 0.3) is 0 Å². The second kappa shape index (κ2) is 5.25. The van der Waals surface area contributed by atoms with Crippen molar-refractivity contribution in [2.45, 2.75) is 19.9 Å². The van der Waals surface area contributed by atoms with Gasteiger partial charge in [-0.25, -0.2) is 4.39 Å². The minimum absolute atomic E-state index is 0.271. The van der Waals surface area contributed by atoms with Crippen LogP contribution in [0.4, 0.5) is 10.1 Å². The fraction of sp³-hybridized carbons (Fsp3) is 0.273. The first-order valence-electron chi connectivity index (χ1n) is 4.68. The number of hydrogen-bond donors (Lipinski definition) is 0. The molecule has 0 aliphatic heterocycles. The second-order valence-corrected chi connectivity index (χ2v) is 3.32. The Balaban J connectivity index is 2.86. The lowest BCUT2D eigenvalue weighted by molar-refractivity contribution is -0.126. The van der Waals surface area contributed by atoms with Gasteiger partial charge in [-0.15, -0.1) is 0 Å². The first kappa shape index (κ1) is 12.2. The first-order valence-corrected chi connectivity index (χ1v) is 4.68. The average Bonchev–Trinajstić information content (AvgIpc) is 2.16. The Morgan fingerprint density at radius 1 is 1.25 bits per heavy atom. The molecule has 0 atom stereocenters. The molecule has 0 amide bonds. The van der Waals surface area contributed by atoms with Gasteiger partial charge in [0.05, 0.1) is 5.69 Å². The van der Waals surface area contributed by atoms with Crippen LogP contribution >= 0.6 is 0 Å². The monoisotopic (exact) mass is 222 g/mol. The highest BCUT2D eigenvalue weighted by Crippen LogP contribution is 2.14. The van der Waals surface area contributed by atoms with Crippen LogP contribution in [0.5, 0.6) is 0 Å². The van der Waals surface area contributed by atoms with Crippen LogP contribution in [-0.4, -0.2) is 17.6 Å². The molecule has 0 aliphatic carbocycles. The van der Waals surface area contributed by atoms with Gasteiger partial charge in [0.15, 0.2) is 17.6 Å². The highest BCUT2D eigenvalue weighted by molar-refractivity contribution is 6.04. The molecule has 4 nitrogen and oxygen atoms in total. The van der Waals surface area contributed by atoms with Gasteiger partial charge in [-0.05, 0) is 26.0 Å². The summed E-state index contributed by atoms with van der Waals surface area (Å²) in [7, 11) is 0. The van der Waals surface area contributed by atoms with Crippen molar-refractivity contribution < 1.29 is 14.0 Å². The SMILES string of the molecule is CC(=O)C(N=Nc1cccc(F)c1)C(C)=O. The largest absolute Gasteiger partial charge is 0.297 e. The number of hydrogen-bond acceptors (Lipinski definition) is 4. The molecule has 1 aromatic carbocycles. The number of azo groups is 1. The lowest BCUT2D eigenvalue weighted by Gasteiger charge is -2.01. The van der Waals surface area contributed by atoms with Crippen molar-refractivity contribution in [3.63, 3.8) is 0 Å². The number of ketones is 2. The Kier molecular flexibility index (Phi) is 3.99. The van der Waals surface area contributed by atoms with Gasteiger partial charge in [-0.3, -0.25) is 9.59 Å². The summed E-state index contributed by atoms with van der Waals surface area (Å²) >= 11 is 0. The standard InChI is InChI=1S/C11H11FN2O2/c1-7(15)11(8(2)16)14-13-10-5-3-4-9(12)6-10/h3-6,11H,1-2H3. The molecule has 0 fully saturated rings. The quantitative estimate of drug-likeness (QED) is 0.580. The fourth-order valence-corrected chi connectivity index (χ4v) is 1.11. The zero-order valence-electron chi connectivity index (χ0n) is 8.98. The molecule has 0 unspecified atom stereocenters. The van der Waals surface area contributed by atoms with Crippen molar-refractivity contribution in [3.8, 4) is 0 Å². The number of nitrogens with zero attached hydrogens (tertiary/aromatic N) is 2. The van der Waals surface area contributed by atoms with Gasteiger partial charge in [-0.2, -0.15) is 10.2 Å². The van der Waals surface area contributed by atoms with Crippen LogP contribution in [0, 0.1) is 5.82 Å². The van der Waals surface area contributed by atoms with Crippen LogP contribution in [0.2, 0.25) is 0 Å². The fourth-order valence-electron chi connectivity index (χ4n) is 1.11. The lowest BCUT2D eigenvalue weighted by atomic mass is 10.1. The smallest absolute Gasteiger partial charge is 0.187 e. The molecule has 0 heterocycles. The summed E-state index contributed by atoms with van der Waals surface area (Å²) < 4.78 is 12.8. The van der Waals surface area contributed by atoms with Crippen LogP contribution in [0.15, 0.2) is 34.5 Å². The van der Waals surface area contributed by atoms with E-state index in [1.54, 1.807) is 0 Å². The first-order chi connectivity index (χ1) is 7.50. The summed E-state index contributed by atoms with van der Waals surface area (Å²) in [6.07, 6.45) is 0. The van der Waals surface area contributed by atoms with E-state index in [2.05, 4.69) is 10.2 Å². The third kappa shape index (κ3) is 3.34. The Morgan fingerprint density at radius 3 is 2.38 bits per heavy atom. The highest BCUT2D eigenvalue weighted by Gasteiger charge is 2.18. The number of halogens is 1.